The van der Waals surface area contributed by atoms with Crippen molar-refractivity contribution in [2.24, 2.45) is 0 Å². The summed E-state index contributed by atoms with van der Waals surface area (Å²) in [7, 11) is 0. The van der Waals surface area contributed by atoms with Crippen molar-refractivity contribution in [2.45, 2.75) is 53.9 Å². The molecule has 1 heterocycles. The molecule has 114 valence electrons. The first kappa shape index (κ1) is 16.9. The van der Waals surface area contributed by atoms with E-state index in [1.165, 1.54) is 5.56 Å². The summed E-state index contributed by atoms with van der Waals surface area (Å²) >= 11 is 0. The van der Waals surface area contributed by atoms with E-state index in [0.717, 1.165) is 62.8 Å². The van der Waals surface area contributed by atoms with E-state index < -0.39 is 0 Å². The zero-order chi connectivity index (χ0) is 15.0. The molecule has 0 amide bonds. The Kier molecular flexibility index (Phi) is 7.52. The second-order valence-corrected chi connectivity index (χ2v) is 5.11. The summed E-state index contributed by atoms with van der Waals surface area (Å²) in [6, 6.07) is 0. The zero-order valence-electron chi connectivity index (χ0n) is 13.8. The van der Waals surface area contributed by atoms with Crippen LogP contribution in [0.5, 0.6) is 0 Å². The van der Waals surface area contributed by atoms with Crippen LogP contribution in [0.4, 0.5) is 5.82 Å². The van der Waals surface area contributed by atoms with Gasteiger partial charge in [0.2, 0.25) is 0 Å². The molecule has 1 aromatic rings. The molecule has 0 aliphatic carbocycles. The average Bonchev–Trinajstić information content (AvgIpc) is 2.45. The Morgan fingerprint density at radius 2 is 1.75 bits per heavy atom. The van der Waals surface area contributed by atoms with Crippen molar-refractivity contribution in [2.75, 3.05) is 31.5 Å². The molecule has 20 heavy (non-hydrogen) atoms. The molecule has 0 aromatic carbocycles. The number of hydrogen-bond donors (Lipinski definition) is 1. The van der Waals surface area contributed by atoms with Crippen molar-refractivity contribution in [1.82, 2.24) is 14.9 Å². The first-order valence-corrected chi connectivity index (χ1v) is 7.98. The topological polar surface area (TPSA) is 41.1 Å². The second-order valence-electron chi connectivity index (χ2n) is 5.11. The maximum Gasteiger partial charge on any atom is 0.133 e. The van der Waals surface area contributed by atoms with Crippen LogP contribution in [0.15, 0.2) is 0 Å². The van der Waals surface area contributed by atoms with E-state index >= 15 is 0 Å². The third kappa shape index (κ3) is 4.75. The normalized spacial score (nSPS) is 11.1. The summed E-state index contributed by atoms with van der Waals surface area (Å²) < 4.78 is 0. The van der Waals surface area contributed by atoms with E-state index in [2.05, 4.69) is 49.8 Å². The van der Waals surface area contributed by atoms with E-state index in [4.69, 9.17) is 4.98 Å². The van der Waals surface area contributed by atoms with Crippen LogP contribution in [-0.2, 0) is 12.8 Å². The van der Waals surface area contributed by atoms with Gasteiger partial charge < -0.3 is 10.2 Å². The van der Waals surface area contributed by atoms with Gasteiger partial charge in [-0.25, -0.2) is 9.97 Å². The number of anilines is 1. The monoisotopic (exact) mass is 278 g/mol. The molecule has 0 aliphatic rings. The molecule has 0 spiro atoms. The fourth-order valence-corrected chi connectivity index (χ4v) is 2.38. The van der Waals surface area contributed by atoms with E-state index in [0.29, 0.717) is 0 Å². The van der Waals surface area contributed by atoms with Gasteiger partial charge in [0.05, 0.1) is 0 Å². The second kappa shape index (κ2) is 8.90. The SMILES string of the molecule is CCCNc1nc(CCN(CC)CC)nc(C)c1CC. The molecule has 4 nitrogen and oxygen atoms in total. The van der Waals surface area contributed by atoms with Crippen molar-refractivity contribution >= 4 is 5.82 Å². The fourth-order valence-electron chi connectivity index (χ4n) is 2.38. The molecular formula is C16H30N4. The standard InChI is InChI=1S/C16H30N4/c1-6-11-17-16-14(7-2)13(5)18-15(19-16)10-12-20(8-3)9-4/h6-12H2,1-5H3,(H,17,18,19). The maximum absolute atomic E-state index is 4.73. The largest absolute Gasteiger partial charge is 0.370 e. The highest BCUT2D eigenvalue weighted by molar-refractivity contribution is 5.46. The van der Waals surface area contributed by atoms with E-state index in [1.54, 1.807) is 0 Å². The lowest BCUT2D eigenvalue weighted by Gasteiger charge is -2.18. The van der Waals surface area contributed by atoms with Crippen molar-refractivity contribution in [3.8, 4) is 0 Å². The molecule has 1 N–H and O–H groups in total. The summed E-state index contributed by atoms with van der Waals surface area (Å²) in [5, 5.41) is 3.45. The van der Waals surface area contributed by atoms with Gasteiger partial charge in [-0.1, -0.05) is 27.7 Å². The summed E-state index contributed by atoms with van der Waals surface area (Å²) in [5.74, 6) is 2.00. The number of nitrogens with zero attached hydrogens (tertiary/aromatic N) is 3. The zero-order valence-corrected chi connectivity index (χ0v) is 13.8. The number of aryl methyl sites for hydroxylation is 1. The third-order valence-electron chi connectivity index (χ3n) is 3.70. The number of rotatable bonds is 9. The highest BCUT2D eigenvalue weighted by atomic mass is 15.1. The lowest BCUT2D eigenvalue weighted by molar-refractivity contribution is 0.305. The van der Waals surface area contributed by atoms with E-state index in [-0.39, 0.29) is 0 Å². The Morgan fingerprint density at radius 3 is 2.30 bits per heavy atom. The lowest BCUT2D eigenvalue weighted by Crippen LogP contribution is -2.26. The maximum atomic E-state index is 4.73. The Bertz CT molecular complexity index is 400. The van der Waals surface area contributed by atoms with Crippen molar-refractivity contribution in [3.63, 3.8) is 0 Å². The van der Waals surface area contributed by atoms with Crippen molar-refractivity contribution in [1.29, 1.82) is 0 Å². The number of hydrogen-bond acceptors (Lipinski definition) is 4. The first-order valence-electron chi connectivity index (χ1n) is 7.98. The van der Waals surface area contributed by atoms with Crippen LogP contribution in [0.3, 0.4) is 0 Å². The van der Waals surface area contributed by atoms with Crippen molar-refractivity contribution in [3.05, 3.63) is 17.1 Å². The third-order valence-corrected chi connectivity index (χ3v) is 3.70. The van der Waals surface area contributed by atoms with Gasteiger partial charge in [0.15, 0.2) is 0 Å². The molecule has 0 saturated heterocycles. The highest BCUT2D eigenvalue weighted by Gasteiger charge is 2.10. The fraction of sp³-hybridized carbons (Fsp3) is 0.750. The summed E-state index contributed by atoms with van der Waals surface area (Å²) in [6.45, 7) is 15.0. The van der Waals surface area contributed by atoms with Gasteiger partial charge in [-0.15, -0.1) is 0 Å². The van der Waals surface area contributed by atoms with E-state index in [1.807, 2.05) is 0 Å². The van der Waals surface area contributed by atoms with Crippen molar-refractivity contribution < 1.29 is 0 Å². The average molecular weight is 278 g/mol. The molecule has 0 aliphatic heterocycles. The Hall–Kier alpha value is -1.16. The Labute approximate surface area is 124 Å². The van der Waals surface area contributed by atoms with Crippen LogP contribution >= 0.6 is 0 Å². The van der Waals surface area contributed by atoms with E-state index in [9.17, 15) is 0 Å². The molecule has 1 rings (SSSR count). The molecule has 1 aromatic heterocycles. The van der Waals surface area contributed by atoms with Crippen LogP contribution in [0, 0.1) is 6.92 Å². The Morgan fingerprint density at radius 1 is 1.05 bits per heavy atom. The molecule has 0 radical (unpaired) electrons. The van der Waals surface area contributed by atoms with Crippen LogP contribution in [-0.4, -0.2) is 41.0 Å². The van der Waals surface area contributed by atoms with Gasteiger partial charge in [-0.05, 0) is 32.9 Å². The van der Waals surface area contributed by atoms with Crippen LogP contribution in [0.25, 0.3) is 0 Å². The van der Waals surface area contributed by atoms with Gasteiger partial charge in [0.25, 0.3) is 0 Å². The summed E-state index contributed by atoms with van der Waals surface area (Å²) in [6.07, 6.45) is 3.02. The molecule has 0 fully saturated rings. The molecular weight excluding hydrogens is 248 g/mol. The molecule has 4 heteroatoms. The van der Waals surface area contributed by atoms with Crippen LogP contribution < -0.4 is 5.32 Å². The quantitative estimate of drug-likeness (QED) is 0.754. The number of nitrogens with one attached hydrogen (secondary N) is 1. The predicted octanol–water partition coefficient (Wildman–Crippen LogP) is 3.05. The number of likely N-dealkylation sites (N-methyl/N-ethyl adjacent to an activating group) is 1. The molecule has 0 atom stereocenters. The molecule has 0 saturated carbocycles. The van der Waals surface area contributed by atoms with Gasteiger partial charge in [0.1, 0.15) is 11.6 Å². The van der Waals surface area contributed by atoms with Crippen LogP contribution in [0.1, 0.15) is 51.2 Å². The van der Waals surface area contributed by atoms with Gasteiger partial charge in [-0.3, -0.25) is 0 Å². The number of aromatic nitrogens is 2. The predicted molar refractivity (Wildman–Crippen MR) is 86.4 cm³/mol. The minimum atomic E-state index is 0.924. The lowest BCUT2D eigenvalue weighted by atomic mass is 10.1. The van der Waals surface area contributed by atoms with Gasteiger partial charge in [-0.2, -0.15) is 0 Å². The summed E-state index contributed by atoms with van der Waals surface area (Å²) in [4.78, 5) is 11.8. The van der Waals surface area contributed by atoms with Gasteiger partial charge >= 0.3 is 0 Å². The molecule has 0 unspecified atom stereocenters. The molecule has 0 bridgehead atoms. The first-order chi connectivity index (χ1) is 9.65. The minimum Gasteiger partial charge on any atom is -0.370 e. The summed E-state index contributed by atoms with van der Waals surface area (Å²) in [5.41, 5.74) is 2.38. The minimum absolute atomic E-state index is 0.924. The Balaban J connectivity index is 2.84. The highest BCUT2D eigenvalue weighted by Crippen LogP contribution is 2.17. The van der Waals surface area contributed by atoms with Gasteiger partial charge in [0, 0.05) is 30.8 Å². The van der Waals surface area contributed by atoms with Crippen LogP contribution in [0.2, 0.25) is 0 Å². The smallest absolute Gasteiger partial charge is 0.133 e.